The molecule has 0 N–H and O–H groups in total. The Morgan fingerprint density at radius 2 is 2.05 bits per heavy atom. The number of morpholine rings is 1. The highest BCUT2D eigenvalue weighted by Gasteiger charge is 2.27. The Labute approximate surface area is 134 Å². The molecule has 0 saturated carbocycles. The lowest BCUT2D eigenvalue weighted by Gasteiger charge is -2.35. The van der Waals surface area contributed by atoms with Gasteiger partial charge in [-0.2, -0.15) is 5.10 Å². The second-order valence-electron chi connectivity index (χ2n) is 5.62. The fourth-order valence-electron chi connectivity index (χ4n) is 2.72. The average molecular weight is 320 g/mol. The summed E-state index contributed by atoms with van der Waals surface area (Å²) in [6.45, 7) is 5.16. The second kappa shape index (κ2) is 6.10. The summed E-state index contributed by atoms with van der Waals surface area (Å²) < 4.78 is 7.32. The lowest BCUT2D eigenvalue weighted by molar-refractivity contribution is -0.0586. The molecule has 2 aromatic rings. The molecule has 0 radical (unpaired) electrons. The van der Waals surface area contributed by atoms with Crippen LogP contribution in [0.5, 0.6) is 0 Å². The van der Waals surface area contributed by atoms with Gasteiger partial charge < -0.3 is 9.64 Å². The van der Waals surface area contributed by atoms with E-state index in [-0.39, 0.29) is 18.1 Å². The number of hydrogen-bond donors (Lipinski definition) is 0. The molecule has 116 valence electrons. The number of halogens is 1. The van der Waals surface area contributed by atoms with Crippen LogP contribution in [0.2, 0.25) is 5.02 Å². The van der Waals surface area contributed by atoms with Gasteiger partial charge >= 0.3 is 0 Å². The first kappa shape index (κ1) is 15.1. The van der Waals surface area contributed by atoms with Crippen LogP contribution >= 0.6 is 11.6 Å². The van der Waals surface area contributed by atoms with Crippen LogP contribution in [-0.4, -0.2) is 45.9 Å². The monoisotopic (exact) mass is 319 g/mol. The molecule has 1 amide bonds. The van der Waals surface area contributed by atoms with E-state index in [0.717, 1.165) is 5.69 Å². The van der Waals surface area contributed by atoms with Crippen LogP contribution in [0.1, 0.15) is 24.2 Å². The molecule has 6 heteroatoms. The maximum absolute atomic E-state index is 12.6. The zero-order valence-electron chi connectivity index (χ0n) is 12.6. The van der Waals surface area contributed by atoms with Crippen molar-refractivity contribution in [1.82, 2.24) is 14.7 Å². The van der Waals surface area contributed by atoms with Gasteiger partial charge in [0, 0.05) is 24.3 Å². The number of aromatic nitrogens is 2. The zero-order valence-corrected chi connectivity index (χ0v) is 13.3. The molecule has 1 saturated heterocycles. The SMILES string of the molecule is C[C@H]1CN(C(=O)c2cnn(-c3cccc(Cl)c3)c2)C[C@H](C)O1. The molecule has 1 aliphatic rings. The summed E-state index contributed by atoms with van der Waals surface area (Å²) in [7, 11) is 0. The van der Waals surface area contributed by atoms with Crippen molar-refractivity contribution in [3.8, 4) is 5.69 Å². The van der Waals surface area contributed by atoms with Gasteiger partial charge in [-0.3, -0.25) is 4.79 Å². The summed E-state index contributed by atoms with van der Waals surface area (Å²) in [6.07, 6.45) is 3.43. The van der Waals surface area contributed by atoms with Crippen molar-refractivity contribution in [3.63, 3.8) is 0 Å². The van der Waals surface area contributed by atoms with Gasteiger partial charge in [-0.05, 0) is 32.0 Å². The minimum Gasteiger partial charge on any atom is -0.372 e. The summed E-state index contributed by atoms with van der Waals surface area (Å²) >= 11 is 5.99. The molecule has 1 aliphatic heterocycles. The lowest BCUT2D eigenvalue weighted by atomic mass is 10.2. The molecule has 1 aromatic heterocycles. The molecule has 1 fully saturated rings. The third-order valence-corrected chi connectivity index (χ3v) is 3.84. The number of nitrogens with zero attached hydrogens (tertiary/aromatic N) is 3. The first-order valence-electron chi connectivity index (χ1n) is 7.28. The first-order valence-corrected chi connectivity index (χ1v) is 7.66. The summed E-state index contributed by atoms with van der Waals surface area (Å²) in [5.74, 6) is -0.0183. The maximum Gasteiger partial charge on any atom is 0.257 e. The highest BCUT2D eigenvalue weighted by atomic mass is 35.5. The minimum absolute atomic E-state index is 0.0183. The standard InChI is InChI=1S/C16H18ClN3O2/c1-11-8-19(9-12(2)22-11)16(21)13-7-18-20(10-13)15-5-3-4-14(17)6-15/h3-7,10-12H,8-9H2,1-2H3/t11-,12-/m0/s1. The van der Waals surface area contributed by atoms with Crippen molar-refractivity contribution in [3.05, 3.63) is 47.2 Å². The summed E-state index contributed by atoms with van der Waals surface area (Å²) in [4.78, 5) is 14.4. The highest BCUT2D eigenvalue weighted by molar-refractivity contribution is 6.30. The number of carbonyl (C=O) groups excluding carboxylic acids is 1. The van der Waals surface area contributed by atoms with Crippen LogP contribution in [0.3, 0.4) is 0 Å². The topological polar surface area (TPSA) is 47.4 Å². The van der Waals surface area contributed by atoms with E-state index < -0.39 is 0 Å². The average Bonchev–Trinajstić information content (AvgIpc) is 2.95. The Hall–Kier alpha value is -1.85. The third-order valence-electron chi connectivity index (χ3n) is 3.61. The van der Waals surface area contributed by atoms with Crippen molar-refractivity contribution in [2.24, 2.45) is 0 Å². The molecular formula is C16H18ClN3O2. The Morgan fingerprint density at radius 1 is 1.32 bits per heavy atom. The van der Waals surface area contributed by atoms with Crippen LogP contribution in [0, 0.1) is 0 Å². The van der Waals surface area contributed by atoms with E-state index in [1.807, 2.05) is 36.9 Å². The minimum atomic E-state index is -0.0183. The third kappa shape index (κ3) is 3.15. The Morgan fingerprint density at radius 3 is 2.73 bits per heavy atom. The molecule has 22 heavy (non-hydrogen) atoms. The largest absolute Gasteiger partial charge is 0.372 e. The van der Waals surface area contributed by atoms with Gasteiger partial charge in [0.2, 0.25) is 0 Å². The molecule has 0 unspecified atom stereocenters. The fourth-order valence-corrected chi connectivity index (χ4v) is 2.90. The number of hydrogen-bond acceptors (Lipinski definition) is 3. The number of ether oxygens (including phenoxy) is 1. The van der Waals surface area contributed by atoms with Gasteiger partial charge in [0.1, 0.15) is 0 Å². The van der Waals surface area contributed by atoms with E-state index in [4.69, 9.17) is 16.3 Å². The fraction of sp³-hybridized carbons (Fsp3) is 0.375. The normalized spacial score (nSPS) is 21.9. The van der Waals surface area contributed by atoms with Crippen molar-refractivity contribution in [2.75, 3.05) is 13.1 Å². The maximum atomic E-state index is 12.6. The number of amides is 1. The number of rotatable bonds is 2. The second-order valence-corrected chi connectivity index (χ2v) is 6.06. The molecule has 0 bridgehead atoms. The van der Waals surface area contributed by atoms with E-state index in [1.165, 1.54) is 0 Å². The van der Waals surface area contributed by atoms with Crippen LogP contribution < -0.4 is 0 Å². The van der Waals surface area contributed by atoms with Crippen LogP contribution in [0.15, 0.2) is 36.7 Å². The van der Waals surface area contributed by atoms with Crippen molar-refractivity contribution >= 4 is 17.5 Å². The van der Waals surface area contributed by atoms with E-state index >= 15 is 0 Å². The molecular weight excluding hydrogens is 302 g/mol. The highest BCUT2D eigenvalue weighted by Crippen LogP contribution is 2.17. The molecule has 5 nitrogen and oxygen atoms in total. The van der Waals surface area contributed by atoms with Crippen LogP contribution in [-0.2, 0) is 4.74 Å². The molecule has 0 spiro atoms. The Bertz CT molecular complexity index is 676. The molecule has 1 aromatic carbocycles. The molecule has 2 atom stereocenters. The van der Waals surface area contributed by atoms with Gasteiger partial charge in [-0.25, -0.2) is 4.68 Å². The quantitative estimate of drug-likeness (QED) is 0.855. The molecule has 0 aliphatic carbocycles. The predicted molar refractivity (Wildman–Crippen MR) is 84.5 cm³/mol. The van der Waals surface area contributed by atoms with Crippen LogP contribution in [0.25, 0.3) is 5.69 Å². The predicted octanol–water partition coefficient (Wildman–Crippen LogP) is 2.78. The summed E-state index contributed by atoms with van der Waals surface area (Å²) in [5.41, 5.74) is 1.40. The van der Waals surface area contributed by atoms with Crippen molar-refractivity contribution < 1.29 is 9.53 Å². The van der Waals surface area contributed by atoms with E-state index in [9.17, 15) is 4.79 Å². The van der Waals surface area contributed by atoms with Gasteiger partial charge in [-0.15, -0.1) is 0 Å². The first-order chi connectivity index (χ1) is 10.5. The zero-order chi connectivity index (χ0) is 15.7. The van der Waals surface area contributed by atoms with E-state index in [1.54, 1.807) is 23.1 Å². The summed E-state index contributed by atoms with van der Waals surface area (Å²) in [6, 6.07) is 7.36. The number of benzene rings is 1. The van der Waals surface area contributed by atoms with E-state index in [2.05, 4.69) is 5.10 Å². The number of carbonyl (C=O) groups is 1. The Kier molecular flexibility index (Phi) is 4.18. The van der Waals surface area contributed by atoms with Crippen molar-refractivity contribution in [1.29, 1.82) is 0 Å². The molecule has 2 heterocycles. The van der Waals surface area contributed by atoms with Gasteiger partial charge in [0.05, 0.1) is 29.7 Å². The summed E-state index contributed by atoms with van der Waals surface area (Å²) in [5, 5.41) is 4.90. The van der Waals surface area contributed by atoms with Crippen LogP contribution in [0.4, 0.5) is 0 Å². The van der Waals surface area contributed by atoms with E-state index in [0.29, 0.717) is 23.7 Å². The van der Waals surface area contributed by atoms with Gasteiger partial charge in [0.15, 0.2) is 0 Å². The van der Waals surface area contributed by atoms with Crippen molar-refractivity contribution in [2.45, 2.75) is 26.1 Å². The Balaban J connectivity index is 1.80. The van der Waals surface area contributed by atoms with Gasteiger partial charge in [-0.1, -0.05) is 17.7 Å². The molecule has 3 rings (SSSR count). The lowest BCUT2D eigenvalue weighted by Crippen LogP contribution is -2.48. The van der Waals surface area contributed by atoms with Gasteiger partial charge in [0.25, 0.3) is 5.91 Å². The smallest absolute Gasteiger partial charge is 0.257 e.